The van der Waals surface area contributed by atoms with Crippen LogP contribution in [0.3, 0.4) is 0 Å². The Labute approximate surface area is 104 Å². The molecule has 2 nitrogen and oxygen atoms in total. The summed E-state index contributed by atoms with van der Waals surface area (Å²) in [5.74, 6) is 0. The molecule has 0 amide bonds. The zero-order valence-corrected chi connectivity index (χ0v) is 10.6. The van der Waals surface area contributed by atoms with Crippen LogP contribution in [0.25, 0.3) is 0 Å². The first-order chi connectivity index (χ1) is 7.58. The number of aliphatic hydroxyl groups is 1. The van der Waals surface area contributed by atoms with E-state index in [1.165, 1.54) is 11.3 Å². The van der Waals surface area contributed by atoms with Crippen LogP contribution < -0.4 is 0 Å². The van der Waals surface area contributed by atoms with Crippen LogP contribution in [0.4, 0.5) is 0 Å². The van der Waals surface area contributed by atoms with Crippen LogP contribution in [0.5, 0.6) is 0 Å². The van der Waals surface area contributed by atoms with Gasteiger partial charge >= 0.3 is 0 Å². The van der Waals surface area contributed by atoms with Gasteiger partial charge in [-0.3, -0.25) is 0 Å². The summed E-state index contributed by atoms with van der Waals surface area (Å²) in [4.78, 5) is 5.49. The molecular weight excluding hydrogens is 242 g/mol. The molecule has 16 heavy (non-hydrogen) atoms. The van der Waals surface area contributed by atoms with E-state index in [0.29, 0.717) is 5.02 Å². The van der Waals surface area contributed by atoms with Gasteiger partial charge in [0, 0.05) is 9.90 Å². The van der Waals surface area contributed by atoms with Gasteiger partial charge in [0.15, 0.2) is 0 Å². The van der Waals surface area contributed by atoms with E-state index in [4.69, 9.17) is 11.6 Å². The Hall–Kier alpha value is -0.900. The van der Waals surface area contributed by atoms with E-state index in [1.807, 2.05) is 26.0 Å². The molecule has 1 atom stereocenters. The van der Waals surface area contributed by atoms with Gasteiger partial charge in [0.25, 0.3) is 0 Å². The second-order valence-corrected chi connectivity index (χ2v) is 5.32. The Balaban J connectivity index is 2.31. The molecule has 0 bridgehead atoms. The lowest BCUT2D eigenvalue weighted by molar-refractivity contribution is 0.219. The highest BCUT2D eigenvalue weighted by Gasteiger charge is 2.15. The topological polar surface area (TPSA) is 33.1 Å². The minimum atomic E-state index is -0.658. The van der Waals surface area contributed by atoms with E-state index in [9.17, 15) is 5.11 Å². The molecule has 84 valence electrons. The summed E-state index contributed by atoms with van der Waals surface area (Å²) in [5, 5.41) is 11.5. The van der Waals surface area contributed by atoms with Crippen molar-refractivity contribution in [2.45, 2.75) is 20.0 Å². The van der Waals surface area contributed by atoms with E-state index in [0.717, 1.165) is 21.1 Å². The number of aliphatic hydroxyl groups excluding tert-OH is 1. The number of hydrogen-bond acceptors (Lipinski definition) is 3. The Morgan fingerprint density at radius 3 is 2.38 bits per heavy atom. The summed E-state index contributed by atoms with van der Waals surface area (Å²) in [6.45, 7) is 3.95. The molecule has 2 aromatic rings. The molecule has 1 aromatic carbocycles. The molecule has 1 aromatic heterocycles. The minimum Gasteiger partial charge on any atom is -0.381 e. The fourth-order valence-electron chi connectivity index (χ4n) is 1.40. The Bertz CT molecular complexity index is 473. The van der Waals surface area contributed by atoms with Crippen LogP contribution in [0, 0.1) is 13.8 Å². The van der Waals surface area contributed by atoms with Crippen molar-refractivity contribution >= 4 is 22.9 Å². The SMILES string of the molecule is Cc1nc(C(O)c2ccc(Cl)cc2)sc1C. The van der Waals surface area contributed by atoms with E-state index in [1.54, 1.807) is 12.1 Å². The molecule has 0 spiro atoms. The Morgan fingerprint density at radius 2 is 1.88 bits per heavy atom. The van der Waals surface area contributed by atoms with Crippen molar-refractivity contribution in [3.8, 4) is 0 Å². The molecule has 4 heteroatoms. The standard InChI is InChI=1S/C12H12ClNOS/c1-7-8(2)16-12(14-7)11(15)9-3-5-10(13)6-4-9/h3-6,11,15H,1-2H3. The first-order valence-corrected chi connectivity index (χ1v) is 6.15. The maximum atomic E-state index is 10.1. The van der Waals surface area contributed by atoms with Crippen molar-refractivity contribution in [3.63, 3.8) is 0 Å². The van der Waals surface area contributed by atoms with Crippen LogP contribution in [0.2, 0.25) is 5.02 Å². The summed E-state index contributed by atoms with van der Waals surface area (Å²) in [6.07, 6.45) is -0.658. The molecule has 2 rings (SSSR count). The molecule has 1 unspecified atom stereocenters. The number of aromatic nitrogens is 1. The van der Waals surface area contributed by atoms with Crippen LogP contribution in [-0.4, -0.2) is 10.1 Å². The average molecular weight is 254 g/mol. The van der Waals surface area contributed by atoms with Gasteiger partial charge < -0.3 is 5.11 Å². The zero-order valence-electron chi connectivity index (χ0n) is 9.07. The van der Waals surface area contributed by atoms with Crippen LogP contribution >= 0.6 is 22.9 Å². The van der Waals surface area contributed by atoms with Gasteiger partial charge in [-0.25, -0.2) is 4.98 Å². The van der Waals surface area contributed by atoms with Gasteiger partial charge in [-0.15, -0.1) is 11.3 Å². The van der Waals surface area contributed by atoms with Crippen molar-refractivity contribution in [1.29, 1.82) is 0 Å². The van der Waals surface area contributed by atoms with Crippen molar-refractivity contribution in [2.75, 3.05) is 0 Å². The summed E-state index contributed by atoms with van der Waals surface area (Å²) < 4.78 is 0. The number of thiazole rings is 1. The van der Waals surface area contributed by atoms with Gasteiger partial charge in [0.05, 0.1) is 5.69 Å². The Kier molecular flexibility index (Phi) is 3.28. The molecule has 0 aliphatic heterocycles. The van der Waals surface area contributed by atoms with Crippen LogP contribution in [-0.2, 0) is 0 Å². The maximum absolute atomic E-state index is 10.1. The fourth-order valence-corrected chi connectivity index (χ4v) is 2.47. The average Bonchev–Trinajstić information content (AvgIpc) is 2.59. The minimum absolute atomic E-state index is 0.658. The predicted octanol–water partition coefficient (Wildman–Crippen LogP) is 3.50. The first-order valence-electron chi connectivity index (χ1n) is 4.95. The number of rotatable bonds is 2. The van der Waals surface area contributed by atoms with Crippen molar-refractivity contribution in [3.05, 3.63) is 50.4 Å². The highest BCUT2D eigenvalue weighted by atomic mass is 35.5. The molecular formula is C12H12ClNOS. The summed E-state index contributed by atoms with van der Waals surface area (Å²) in [5.41, 5.74) is 1.80. The number of halogens is 1. The lowest BCUT2D eigenvalue weighted by atomic mass is 10.1. The van der Waals surface area contributed by atoms with Crippen molar-refractivity contribution < 1.29 is 5.11 Å². The zero-order chi connectivity index (χ0) is 11.7. The normalized spacial score (nSPS) is 12.8. The monoisotopic (exact) mass is 253 g/mol. The quantitative estimate of drug-likeness (QED) is 0.889. The third-order valence-electron chi connectivity index (χ3n) is 2.46. The van der Waals surface area contributed by atoms with Crippen molar-refractivity contribution in [2.24, 2.45) is 0 Å². The first kappa shape index (κ1) is 11.6. The third-order valence-corrected chi connectivity index (χ3v) is 3.84. The Morgan fingerprint density at radius 1 is 1.25 bits per heavy atom. The number of hydrogen-bond donors (Lipinski definition) is 1. The molecule has 1 heterocycles. The third kappa shape index (κ3) is 2.26. The smallest absolute Gasteiger partial charge is 0.131 e. The number of nitrogens with zero attached hydrogens (tertiary/aromatic N) is 1. The summed E-state index contributed by atoms with van der Waals surface area (Å²) >= 11 is 7.32. The summed E-state index contributed by atoms with van der Waals surface area (Å²) in [6, 6.07) is 7.18. The lowest BCUT2D eigenvalue weighted by Crippen LogP contribution is -1.98. The second-order valence-electron chi connectivity index (χ2n) is 3.65. The molecule has 0 aliphatic rings. The second kappa shape index (κ2) is 4.53. The molecule has 0 fully saturated rings. The van der Waals surface area contributed by atoms with Gasteiger partial charge in [-0.05, 0) is 31.5 Å². The molecule has 0 saturated heterocycles. The number of aryl methyl sites for hydroxylation is 2. The summed E-state index contributed by atoms with van der Waals surface area (Å²) in [7, 11) is 0. The van der Waals surface area contributed by atoms with E-state index < -0.39 is 6.10 Å². The van der Waals surface area contributed by atoms with E-state index in [2.05, 4.69) is 4.98 Å². The highest BCUT2D eigenvalue weighted by molar-refractivity contribution is 7.11. The van der Waals surface area contributed by atoms with E-state index in [-0.39, 0.29) is 0 Å². The van der Waals surface area contributed by atoms with Gasteiger partial charge in [-0.1, -0.05) is 23.7 Å². The molecule has 0 radical (unpaired) electrons. The van der Waals surface area contributed by atoms with Crippen molar-refractivity contribution in [1.82, 2.24) is 4.98 Å². The van der Waals surface area contributed by atoms with Gasteiger partial charge in [0.1, 0.15) is 11.1 Å². The van der Waals surface area contributed by atoms with Gasteiger partial charge in [0.2, 0.25) is 0 Å². The van der Waals surface area contributed by atoms with Crippen LogP contribution in [0.1, 0.15) is 27.2 Å². The molecule has 1 N–H and O–H groups in total. The van der Waals surface area contributed by atoms with Crippen LogP contribution in [0.15, 0.2) is 24.3 Å². The maximum Gasteiger partial charge on any atom is 0.131 e. The molecule has 0 aliphatic carbocycles. The highest BCUT2D eigenvalue weighted by Crippen LogP contribution is 2.28. The van der Waals surface area contributed by atoms with E-state index >= 15 is 0 Å². The predicted molar refractivity (Wildman–Crippen MR) is 67.1 cm³/mol. The number of benzene rings is 1. The largest absolute Gasteiger partial charge is 0.381 e. The van der Waals surface area contributed by atoms with Gasteiger partial charge in [-0.2, -0.15) is 0 Å². The fraction of sp³-hybridized carbons (Fsp3) is 0.250. The lowest BCUT2D eigenvalue weighted by Gasteiger charge is -2.07. The molecule has 0 saturated carbocycles.